The lowest BCUT2D eigenvalue weighted by Crippen LogP contribution is -2.62. The van der Waals surface area contributed by atoms with E-state index in [9.17, 15) is 9.59 Å². The fourth-order valence-corrected chi connectivity index (χ4v) is 2.99. The smallest absolute Gasteiger partial charge is 0.315 e. The monoisotopic (exact) mass is 227 g/mol. The molecule has 16 heavy (non-hydrogen) atoms. The van der Waals surface area contributed by atoms with Crippen LogP contribution in [0, 0.1) is 5.92 Å². The number of amides is 3. The van der Waals surface area contributed by atoms with Crippen molar-refractivity contribution in [2.45, 2.75) is 45.1 Å². The molecule has 0 saturated carbocycles. The van der Waals surface area contributed by atoms with Crippen molar-refractivity contribution in [1.82, 2.24) is 4.90 Å². The second kappa shape index (κ2) is 4.72. The minimum Gasteiger partial charge on any atom is -0.369 e. The summed E-state index contributed by atoms with van der Waals surface area (Å²) < 4.78 is 0. The van der Waals surface area contributed by atoms with E-state index >= 15 is 0 Å². The van der Waals surface area contributed by atoms with Crippen LogP contribution in [0.15, 0.2) is 0 Å². The van der Waals surface area contributed by atoms with Crippen molar-refractivity contribution in [2.75, 3.05) is 6.54 Å². The summed E-state index contributed by atoms with van der Waals surface area (Å²) in [5.41, 5.74) is 10.4. The summed E-state index contributed by atoms with van der Waals surface area (Å²) in [5.74, 6) is -0.599. The molecule has 0 aliphatic carbocycles. The first-order valence-electron chi connectivity index (χ1n) is 5.86. The first-order valence-corrected chi connectivity index (χ1v) is 5.86. The van der Waals surface area contributed by atoms with E-state index in [-0.39, 0.29) is 11.8 Å². The number of hydrogen-bond acceptors (Lipinski definition) is 2. The molecule has 1 fully saturated rings. The van der Waals surface area contributed by atoms with E-state index in [4.69, 9.17) is 11.5 Å². The molecule has 1 rings (SSSR count). The molecular weight excluding hydrogens is 206 g/mol. The third-order valence-electron chi connectivity index (χ3n) is 3.89. The van der Waals surface area contributed by atoms with E-state index in [0.29, 0.717) is 19.4 Å². The standard InChI is InChI=1S/C11H21N3O2/c1-3-11(4-2)8(9(12)15)6-5-7-14(11)10(13)16/h8H,3-7H2,1-2H3,(H2,12,15)(H2,13,16). The molecule has 0 spiro atoms. The number of nitrogens with two attached hydrogens (primary N) is 2. The van der Waals surface area contributed by atoms with Crippen molar-refractivity contribution in [1.29, 1.82) is 0 Å². The molecule has 0 bridgehead atoms. The van der Waals surface area contributed by atoms with Crippen LogP contribution in [0.25, 0.3) is 0 Å². The summed E-state index contributed by atoms with van der Waals surface area (Å²) in [6.45, 7) is 4.57. The van der Waals surface area contributed by atoms with Gasteiger partial charge < -0.3 is 16.4 Å². The SMILES string of the molecule is CCC1(CC)C(C(N)=O)CCCN1C(N)=O. The Bertz CT molecular complexity index is 263. The summed E-state index contributed by atoms with van der Waals surface area (Å²) >= 11 is 0. The van der Waals surface area contributed by atoms with E-state index in [1.54, 1.807) is 4.90 Å². The first-order chi connectivity index (χ1) is 7.49. The lowest BCUT2D eigenvalue weighted by Gasteiger charge is -2.49. The van der Waals surface area contributed by atoms with Crippen LogP contribution in [0.3, 0.4) is 0 Å². The number of primary amides is 2. The Morgan fingerprint density at radius 2 is 1.88 bits per heavy atom. The highest BCUT2D eigenvalue weighted by Gasteiger charge is 2.47. The lowest BCUT2D eigenvalue weighted by atomic mass is 9.72. The lowest BCUT2D eigenvalue weighted by molar-refractivity contribution is -0.129. The highest BCUT2D eigenvalue weighted by molar-refractivity contribution is 5.81. The zero-order chi connectivity index (χ0) is 12.3. The molecule has 0 radical (unpaired) electrons. The summed E-state index contributed by atoms with van der Waals surface area (Å²) in [5, 5.41) is 0. The van der Waals surface area contributed by atoms with Gasteiger partial charge in [-0.2, -0.15) is 0 Å². The number of piperidine rings is 1. The molecule has 0 aromatic rings. The number of urea groups is 1. The van der Waals surface area contributed by atoms with E-state index in [1.165, 1.54) is 0 Å². The quantitative estimate of drug-likeness (QED) is 0.747. The molecule has 1 heterocycles. The van der Waals surface area contributed by atoms with Crippen LogP contribution >= 0.6 is 0 Å². The second-order valence-electron chi connectivity index (χ2n) is 4.40. The number of nitrogens with zero attached hydrogens (tertiary/aromatic N) is 1. The van der Waals surface area contributed by atoms with Gasteiger partial charge in [0.25, 0.3) is 0 Å². The summed E-state index contributed by atoms with van der Waals surface area (Å²) in [4.78, 5) is 24.6. The maximum atomic E-state index is 11.5. The van der Waals surface area contributed by atoms with E-state index < -0.39 is 11.6 Å². The Kier molecular flexibility index (Phi) is 3.78. The van der Waals surface area contributed by atoms with Crippen molar-refractivity contribution >= 4 is 11.9 Å². The van der Waals surface area contributed by atoms with E-state index in [2.05, 4.69) is 0 Å². The van der Waals surface area contributed by atoms with Gasteiger partial charge in [0.15, 0.2) is 0 Å². The molecule has 1 aliphatic heterocycles. The average Bonchev–Trinajstić information content (AvgIpc) is 2.27. The molecule has 0 aromatic heterocycles. The zero-order valence-electron chi connectivity index (χ0n) is 10.0. The van der Waals surface area contributed by atoms with Crippen LogP contribution in [0.2, 0.25) is 0 Å². The van der Waals surface area contributed by atoms with Crippen LogP contribution in [0.1, 0.15) is 39.5 Å². The predicted molar refractivity (Wildman–Crippen MR) is 61.5 cm³/mol. The molecular formula is C11H21N3O2. The Morgan fingerprint density at radius 1 is 1.31 bits per heavy atom. The van der Waals surface area contributed by atoms with Gasteiger partial charge >= 0.3 is 6.03 Å². The summed E-state index contributed by atoms with van der Waals surface area (Å²) in [6.07, 6.45) is 2.96. The second-order valence-corrected chi connectivity index (χ2v) is 4.40. The van der Waals surface area contributed by atoms with Gasteiger partial charge in [0, 0.05) is 6.54 Å². The number of hydrogen-bond donors (Lipinski definition) is 2. The van der Waals surface area contributed by atoms with Crippen LogP contribution in [0.5, 0.6) is 0 Å². The van der Waals surface area contributed by atoms with Crippen molar-refractivity contribution in [3.05, 3.63) is 0 Å². The molecule has 1 saturated heterocycles. The largest absolute Gasteiger partial charge is 0.369 e. The van der Waals surface area contributed by atoms with Gasteiger partial charge in [-0.15, -0.1) is 0 Å². The van der Waals surface area contributed by atoms with Gasteiger partial charge in [0.1, 0.15) is 0 Å². The highest BCUT2D eigenvalue weighted by atomic mass is 16.2. The Morgan fingerprint density at radius 3 is 2.25 bits per heavy atom. The van der Waals surface area contributed by atoms with Crippen molar-refractivity contribution < 1.29 is 9.59 Å². The molecule has 3 amide bonds. The fourth-order valence-electron chi connectivity index (χ4n) is 2.99. The van der Waals surface area contributed by atoms with Gasteiger partial charge in [-0.25, -0.2) is 4.79 Å². The maximum Gasteiger partial charge on any atom is 0.315 e. The first kappa shape index (κ1) is 12.8. The van der Waals surface area contributed by atoms with E-state index in [1.807, 2.05) is 13.8 Å². The van der Waals surface area contributed by atoms with Gasteiger partial charge in [-0.05, 0) is 25.7 Å². The normalized spacial score (nSPS) is 24.1. The number of rotatable bonds is 3. The number of carbonyl (C=O) groups excluding carboxylic acids is 2. The minimum absolute atomic E-state index is 0.274. The van der Waals surface area contributed by atoms with Crippen LogP contribution < -0.4 is 11.5 Å². The molecule has 5 nitrogen and oxygen atoms in total. The number of likely N-dealkylation sites (tertiary alicyclic amines) is 1. The molecule has 1 aliphatic rings. The Labute approximate surface area is 96.1 Å². The third-order valence-corrected chi connectivity index (χ3v) is 3.89. The van der Waals surface area contributed by atoms with Crippen LogP contribution in [-0.2, 0) is 4.79 Å². The molecule has 1 unspecified atom stereocenters. The Hall–Kier alpha value is -1.26. The topological polar surface area (TPSA) is 89.4 Å². The zero-order valence-corrected chi connectivity index (χ0v) is 10.0. The predicted octanol–water partition coefficient (Wildman–Crippen LogP) is 0.821. The van der Waals surface area contributed by atoms with E-state index in [0.717, 1.165) is 12.8 Å². The fraction of sp³-hybridized carbons (Fsp3) is 0.818. The van der Waals surface area contributed by atoms with Crippen molar-refractivity contribution in [2.24, 2.45) is 17.4 Å². The van der Waals surface area contributed by atoms with Gasteiger partial charge in [-0.1, -0.05) is 13.8 Å². The van der Waals surface area contributed by atoms with Crippen molar-refractivity contribution in [3.8, 4) is 0 Å². The molecule has 4 N–H and O–H groups in total. The molecule has 5 heteroatoms. The van der Waals surface area contributed by atoms with Crippen molar-refractivity contribution in [3.63, 3.8) is 0 Å². The van der Waals surface area contributed by atoms with Gasteiger partial charge in [0.05, 0.1) is 11.5 Å². The third kappa shape index (κ3) is 1.86. The highest BCUT2D eigenvalue weighted by Crippen LogP contribution is 2.38. The summed E-state index contributed by atoms with van der Waals surface area (Å²) in [6, 6.07) is -0.449. The van der Waals surface area contributed by atoms with Gasteiger partial charge in [0.2, 0.25) is 5.91 Å². The maximum absolute atomic E-state index is 11.5. The summed E-state index contributed by atoms with van der Waals surface area (Å²) in [7, 11) is 0. The molecule has 92 valence electrons. The van der Waals surface area contributed by atoms with Gasteiger partial charge in [-0.3, -0.25) is 4.79 Å². The average molecular weight is 227 g/mol. The number of carbonyl (C=O) groups is 2. The Balaban J connectivity index is 3.11. The van der Waals surface area contributed by atoms with Crippen LogP contribution in [0.4, 0.5) is 4.79 Å². The minimum atomic E-state index is -0.476. The molecule has 0 aromatic carbocycles. The van der Waals surface area contributed by atoms with Crippen LogP contribution in [-0.4, -0.2) is 28.9 Å². The molecule has 1 atom stereocenters.